The molecule has 7 nitrogen and oxygen atoms in total. The molecule has 3 amide bonds. The Morgan fingerprint density at radius 2 is 1.55 bits per heavy atom. The minimum absolute atomic E-state index is 0.218. The lowest BCUT2D eigenvalue weighted by molar-refractivity contribution is -0.142. The summed E-state index contributed by atoms with van der Waals surface area (Å²) < 4.78 is 5.48. The molecule has 2 unspecified atom stereocenters. The summed E-state index contributed by atoms with van der Waals surface area (Å²) in [6.45, 7) is 14.1. The predicted octanol–water partition coefficient (Wildman–Crippen LogP) is 5.64. The van der Waals surface area contributed by atoms with E-state index in [1.165, 1.54) is 0 Å². The highest BCUT2D eigenvalue weighted by Crippen LogP contribution is 2.29. The normalized spacial score (nSPS) is 12.8. The third-order valence-electron chi connectivity index (χ3n) is 6.35. The molecule has 2 atom stereocenters. The van der Waals surface area contributed by atoms with Crippen molar-refractivity contribution in [1.29, 1.82) is 0 Å². The van der Waals surface area contributed by atoms with Crippen molar-refractivity contribution in [3.05, 3.63) is 70.8 Å². The molecule has 0 aromatic heterocycles. The van der Waals surface area contributed by atoms with Gasteiger partial charge >= 0.3 is 6.09 Å². The Hall–Kier alpha value is -3.35. The molecule has 208 valence electrons. The van der Waals surface area contributed by atoms with E-state index in [1.807, 2.05) is 69.3 Å². The van der Waals surface area contributed by atoms with E-state index in [0.717, 1.165) is 41.5 Å². The van der Waals surface area contributed by atoms with Crippen LogP contribution in [0.2, 0.25) is 0 Å². The molecule has 0 saturated heterocycles. The monoisotopic (exact) mass is 523 g/mol. The zero-order chi connectivity index (χ0) is 28.3. The molecular formula is C31H45N3O4. The lowest BCUT2D eigenvalue weighted by Crippen LogP contribution is -2.54. The van der Waals surface area contributed by atoms with Crippen molar-refractivity contribution in [3.8, 4) is 0 Å². The maximum absolute atomic E-state index is 14.2. The average Bonchev–Trinajstić information content (AvgIpc) is 2.84. The molecule has 7 heteroatoms. The zero-order valence-corrected chi connectivity index (χ0v) is 24.1. The number of nitrogens with one attached hydrogen (secondary N) is 2. The van der Waals surface area contributed by atoms with E-state index in [2.05, 4.69) is 17.6 Å². The van der Waals surface area contributed by atoms with Crippen LogP contribution in [-0.2, 0) is 20.7 Å². The third-order valence-corrected chi connectivity index (χ3v) is 6.35. The number of unbranched alkanes of at least 4 members (excludes halogenated alkanes) is 2. The van der Waals surface area contributed by atoms with Crippen LogP contribution >= 0.6 is 0 Å². The molecule has 0 bridgehead atoms. The van der Waals surface area contributed by atoms with Gasteiger partial charge in [-0.05, 0) is 70.2 Å². The molecule has 38 heavy (non-hydrogen) atoms. The van der Waals surface area contributed by atoms with Gasteiger partial charge < -0.3 is 20.3 Å². The molecule has 0 aliphatic rings. The summed E-state index contributed by atoms with van der Waals surface area (Å²) >= 11 is 0. The van der Waals surface area contributed by atoms with Crippen LogP contribution in [0.1, 0.15) is 82.2 Å². The van der Waals surface area contributed by atoms with Gasteiger partial charge in [-0.1, -0.05) is 68.3 Å². The second kappa shape index (κ2) is 14.6. The number of rotatable bonds is 12. The minimum atomic E-state index is -0.910. The summed E-state index contributed by atoms with van der Waals surface area (Å²) in [5.41, 5.74) is 2.86. The van der Waals surface area contributed by atoms with Gasteiger partial charge in [-0.2, -0.15) is 0 Å². The minimum Gasteiger partial charge on any atom is -0.444 e. The number of likely N-dealkylation sites (N-methyl/N-ethyl adjacent to an activating group) is 1. The van der Waals surface area contributed by atoms with Gasteiger partial charge in [0, 0.05) is 19.5 Å². The zero-order valence-electron chi connectivity index (χ0n) is 24.1. The second-order valence-corrected chi connectivity index (χ2v) is 10.7. The van der Waals surface area contributed by atoms with Crippen LogP contribution < -0.4 is 10.6 Å². The van der Waals surface area contributed by atoms with Gasteiger partial charge in [0.05, 0.1) is 0 Å². The van der Waals surface area contributed by atoms with Crippen molar-refractivity contribution < 1.29 is 19.1 Å². The second-order valence-electron chi connectivity index (χ2n) is 10.7. The van der Waals surface area contributed by atoms with E-state index < -0.39 is 23.8 Å². The topological polar surface area (TPSA) is 87.7 Å². The Morgan fingerprint density at radius 3 is 2.11 bits per heavy atom. The Labute approximate surface area is 228 Å². The molecule has 0 saturated carbocycles. The van der Waals surface area contributed by atoms with Crippen molar-refractivity contribution in [3.63, 3.8) is 0 Å². The molecule has 0 aliphatic carbocycles. The molecule has 2 rings (SSSR count). The van der Waals surface area contributed by atoms with Crippen LogP contribution in [0.15, 0.2) is 48.5 Å². The number of nitrogens with zero attached hydrogens (tertiary/aromatic N) is 1. The highest BCUT2D eigenvalue weighted by atomic mass is 16.6. The number of hydrogen-bond donors (Lipinski definition) is 2. The van der Waals surface area contributed by atoms with Crippen LogP contribution in [-0.4, -0.2) is 47.5 Å². The number of carbonyl (C=O) groups excluding carboxylic acids is 3. The fourth-order valence-corrected chi connectivity index (χ4v) is 4.54. The number of ether oxygens (including phenoxy) is 1. The van der Waals surface area contributed by atoms with Gasteiger partial charge in [0.1, 0.15) is 17.7 Å². The molecule has 0 heterocycles. The smallest absolute Gasteiger partial charge is 0.408 e. The summed E-state index contributed by atoms with van der Waals surface area (Å²) in [4.78, 5) is 42.2. The van der Waals surface area contributed by atoms with Crippen LogP contribution in [0.4, 0.5) is 4.79 Å². The van der Waals surface area contributed by atoms with Gasteiger partial charge in [-0.3, -0.25) is 9.59 Å². The lowest BCUT2D eigenvalue weighted by Gasteiger charge is -2.35. The lowest BCUT2D eigenvalue weighted by atomic mass is 9.93. The molecule has 2 aromatic rings. The summed E-state index contributed by atoms with van der Waals surface area (Å²) in [6, 6.07) is 13.6. The standard InChI is InChI=1S/C31H45N3O4/c1-8-10-14-20-32-28(35)27(26-22(3)16-15-17-23(26)4)34(9-2)29(36)25(21-24-18-12-11-13-19-24)33-30(37)38-31(5,6)7/h11-13,15-19,25,27H,8-10,14,20-21H2,1-7H3,(H,32,35)(H,33,37). The quantitative estimate of drug-likeness (QED) is 0.353. The first-order chi connectivity index (χ1) is 18.0. The van der Waals surface area contributed by atoms with E-state index in [4.69, 9.17) is 4.74 Å². The molecule has 0 fully saturated rings. The fourth-order valence-electron chi connectivity index (χ4n) is 4.54. The van der Waals surface area contributed by atoms with Gasteiger partial charge in [0.25, 0.3) is 0 Å². The largest absolute Gasteiger partial charge is 0.444 e. The molecular weight excluding hydrogens is 478 g/mol. The molecule has 0 radical (unpaired) electrons. The molecule has 2 N–H and O–H groups in total. The summed E-state index contributed by atoms with van der Waals surface area (Å²) in [6.07, 6.45) is 2.54. The first-order valence-corrected chi connectivity index (χ1v) is 13.7. The Morgan fingerprint density at radius 1 is 0.921 bits per heavy atom. The van der Waals surface area contributed by atoms with E-state index in [9.17, 15) is 14.4 Å². The Kier molecular flexibility index (Phi) is 11.8. The van der Waals surface area contributed by atoms with Gasteiger partial charge in [-0.15, -0.1) is 0 Å². The first-order valence-electron chi connectivity index (χ1n) is 13.7. The molecule has 0 aliphatic heterocycles. The number of alkyl carbamates (subject to hydrolysis) is 1. The van der Waals surface area contributed by atoms with Gasteiger partial charge in [-0.25, -0.2) is 4.79 Å². The van der Waals surface area contributed by atoms with Gasteiger partial charge in [0.2, 0.25) is 11.8 Å². The van der Waals surface area contributed by atoms with Crippen LogP contribution in [0.25, 0.3) is 0 Å². The number of hydrogen-bond acceptors (Lipinski definition) is 4. The van der Waals surface area contributed by atoms with E-state index in [-0.39, 0.29) is 18.2 Å². The maximum atomic E-state index is 14.2. The van der Waals surface area contributed by atoms with Crippen molar-refractivity contribution in [2.45, 2.75) is 91.8 Å². The Bertz CT molecular complexity index is 1040. The van der Waals surface area contributed by atoms with Gasteiger partial charge in [0.15, 0.2) is 0 Å². The summed E-state index contributed by atoms with van der Waals surface area (Å²) in [7, 11) is 0. The van der Waals surface area contributed by atoms with E-state index in [1.54, 1.807) is 25.7 Å². The highest BCUT2D eigenvalue weighted by molar-refractivity contribution is 5.92. The summed E-state index contributed by atoms with van der Waals surface area (Å²) in [5, 5.41) is 5.84. The van der Waals surface area contributed by atoms with Crippen molar-refractivity contribution in [2.24, 2.45) is 0 Å². The van der Waals surface area contributed by atoms with Crippen LogP contribution in [0.5, 0.6) is 0 Å². The van der Waals surface area contributed by atoms with E-state index in [0.29, 0.717) is 13.1 Å². The van der Waals surface area contributed by atoms with Crippen molar-refractivity contribution in [2.75, 3.05) is 13.1 Å². The highest BCUT2D eigenvalue weighted by Gasteiger charge is 2.36. The first kappa shape index (κ1) is 30.9. The van der Waals surface area contributed by atoms with E-state index >= 15 is 0 Å². The van der Waals surface area contributed by atoms with Crippen LogP contribution in [0, 0.1) is 13.8 Å². The SMILES string of the molecule is CCCCCNC(=O)C(c1c(C)cccc1C)N(CC)C(=O)C(Cc1ccccc1)NC(=O)OC(C)(C)C. The predicted molar refractivity (Wildman–Crippen MR) is 152 cm³/mol. The summed E-state index contributed by atoms with van der Waals surface area (Å²) in [5.74, 6) is -0.553. The number of benzene rings is 2. The van der Waals surface area contributed by atoms with Crippen LogP contribution in [0.3, 0.4) is 0 Å². The van der Waals surface area contributed by atoms with Crippen molar-refractivity contribution in [1.82, 2.24) is 15.5 Å². The average molecular weight is 524 g/mol. The fraction of sp³-hybridized carbons (Fsp3) is 0.516. The third kappa shape index (κ3) is 9.19. The molecule has 2 aromatic carbocycles. The number of aryl methyl sites for hydroxylation is 2. The number of carbonyl (C=O) groups is 3. The number of amides is 3. The Balaban J connectivity index is 2.48. The maximum Gasteiger partial charge on any atom is 0.408 e. The molecule has 0 spiro atoms. The van der Waals surface area contributed by atoms with Crippen molar-refractivity contribution >= 4 is 17.9 Å².